The summed E-state index contributed by atoms with van der Waals surface area (Å²) in [4.78, 5) is 11.9. The predicted molar refractivity (Wildman–Crippen MR) is 113 cm³/mol. The molecule has 0 atom stereocenters. The molecule has 4 N–H and O–H groups in total. The van der Waals surface area contributed by atoms with Crippen molar-refractivity contribution in [2.24, 2.45) is 0 Å². The zero-order valence-corrected chi connectivity index (χ0v) is 18.3. The Morgan fingerprint density at radius 3 is 2.55 bits per heavy atom. The molecule has 2 heterocycles. The van der Waals surface area contributed by atoms with Crippen LogP contribution in [-0.4, -0.2) is 38.6 Å². The molecular formula is C21H35N5O3. The van der Waals surface area contributed by atoms with Gasteiger partial charge in [-0.3, -0.25) is 15.2 Å². The van der Waals surface area contributed by atoms with E-state index in [0.29, 0.717) is 11.6 Å². The normalized spacial score (nSPS) is 15.7. The summed E-state index contributed by atoms with van der Waals surface area (Å²) in [5, 5.41) is 25.2. The Morgan fingerprint density at radius 2 is 2.03 bits per heavy atom. The van der Waals surface area contributed by atoms with E-state index >= 15 is 0 Å². The van der Waals surface area contributed by atoms with Crippen molar-refractivity contribution in [3.63, 3.8) is 0 Å². The number of H-pyrrole nitrogens is 1. The van der Waals surface area contributed by atoms with Gasteiger partial charge in [0.15, 0.2) is 5.82 Å². The van der Waals surface area contributed by atoms with Crippen LogP contribution in [0.4, 0.5) is 5.82 Å². The maximum Gasteiger partial charge on any atom is 0.233 e. The lowest BCUT2D eigenvalue weighted by Crippen LogP contribution is -2.38. The summed E-state index contributed by atoms with van der Waals surface area (Å²) in [5.41, 5.74) is 2.13. The minimum Gasteiger partial charge on any atom is -0.381 e. The summed E-state index contributed by atoms with van der Waals surface area (Å²) in [6, 6.07) is 3.70. The van der Waals surface area contributed by atoms with Crippen molar-refractivity contribution in [1.82, 2.24) is 20.7 Å². The minimum atomic E-state index is -0.152. The number of amides is 1. The number of nitrogens with one attached hydrogen (secondary N) is 3. The fraction of sp³-hybridized carbons (Fsp3) is 0.667. The summed E-state index contributed by atoms with van der Waals surface area (Å²) in [6.07, 6.45) is 6.04. The number of nitrogens with zero attached hydrogens (tertiary/aromatic N) is 2. The third-order valence-electron chi connectivity index (χ3n) is 5.66. The van der Waals surface area contributed by atoms with E-state index in [1.807, 2.05) is 13.0 Å². The molecule has 0 aliphatic heterocycles. The smallest absolute Gasteiger partial charge is 0.233 e. The molecule has 0 bridgehead atoms. The highest BCUT2D eigenvalue weighted by Gasteiger charge is 2.32. The van der Waals surface area contributed by atoms with Crippen LogP contribution < -0.4 is 10.6 Å². The first kappa shape index (κ1) is 23.1. The highest BCUT2D eigenvalue weighted by Crippen LogP contribution is 2.40. The van der Waals surface area contributed by atoms with Crippen LogP contribution in [-0.2, 0) is 16.6 Å². The fourth-order valence-electron chi connectivity index (χ4n) is 3.30. The highest BCUT2D eigenvalue weighted by atomic mass is 16.5. The molecular weight excluding hydrogens is 370 g/mol. The SMILES string of the molecule is CCC(C)(C)NCO.Cc1cc(CC(=O)Nc2cc(C3(C)CCCC3)[nH]n2)on1. The van der Waals surface area contributed by atoms with Crippen molar-refractivity contribution < 1.29 is 14.4 Å². The van der Waals surface area contributed by atoms with Crippen molar-refractivity contribution >= 4 is 11.7 Å². The number of aromatic nitrogens is 3. The molecule has 2 aromatic heterocycles. The third kappa shape index (κ3) is 6.97. The Morgan fingerprint density at radius 1 is 1.34 bits per heavy atom. The van der Waals surface area contributed by atoms with Gasteiger partial charge in [-0.25, -0.2) is 0 Å². The molecule has 2 aromatic rings. The number of rotatable bonds is 7. The number of aromatic amines is 1. The van der Waals surface area contributed by atoms with Gasteiger partial charge >= 0.3 is 0 Å². The van der Waals surface area contributed by atoms with Crippen LogP contribution in [0.1, 0.15) is 76.9 Å². The quantitative estimate of drug-likeness (QED) is 0.525. The molecule has 0 unspecified atom stereocenters. The maximum absolute atomic E-state index is 11.9. The summed E-state index contributed by atoms with van der Waals surface area (Å²) >= 11 is 0. The van der Waals surface area contributed by atoms with Crippen LogP contribution in [0.25, 0.3) is 0 Å². The average Bonchev–Trinajstić information content (AvgIpc) is 3.38. The van der Waals surface area contributed by atoms with Gasteiger partial charge in [-0.2, -0.15) is 5.10 Å². The number of aryl methyl sites for hydroxylation is 1. The Hall–Kier alpha value is -2.19. The number of aliphatic hydroxyl groups excluding tert-OH is 1. The van der Waals surface area contributed by atoms with E-state index in [4.69, 9.17) is 9.63 Å². The molecule has 8 heteroatoms. The van der Waals surface area contributed by atoms with Crippen LogP contribution >= 0.6 is 0 Å². The van der Waals surface area contributed by atoms with E-state index in [-0.39, 0.29) is 30.0 Å². The molecule has 1 fully saturated rings. The second-order valence-electron chi connectivity index (χ2n) is 8.67. The molecule has 1 amide bonds. The molecule has 0 saturated heterocycles. The molecule has 0 spiro atoms. The standard InChI is InChI=1S/C15H20N4O2.C6H15NO/c1-10-7-11(21-19-10)8-14(20)16-13-9-12(17-18-13)15(2)5-3-4-6-15;1-4-6(2,3)7-5-8/h7,9H,3-6,8H2,1-2H3,(H2,16,17,18,20);7-8H,4-5H2,1-3H3. The lowest BCUT2D eigenvalue weighted by Gasteiger charge is -2.22. The van der Waals surface area contributed by atoms with Crippen molar-refractivity contribution in [1.29, 1.82) is 0 Å². The highest BCUT2D eigenvalue weighted by molar-refractivity contribution is 5.91. The van der Waals surface area contributed by atoms with Gasteiger partial charge in [0.25, 0.3) is 0 Å². The van der Waals surface area contributed by atoms with Gasteiger partial charge in [0.2, 0.25) is 5.91 Å². The molecule has 3 rings (SSSR count). The maximum atomic E-state index is 11.9. The Balaban J connectivity index is 0.000000321. The number of carbonyl (C=O) groups is 1. The van der Waals surface area contributed by atoms with Gasteiger partial charge in [0.05, 0.1) is 18.8 Å². The average molecular weight is 406 g/mol. The first-order valence-electron chi connectivity index (χ1n) is 10.3. The van der Waals surface area contributed by atoms with Crippen LogP contribution in [0.5, 0.6) is 0 Å². The van der Waals surface area contributed by atoms with Crippen LogP contribution in [0, 0.1) is 6.92 Å². The predicted octanol–water partition coefficient (Wildman–Crippen LogP) is 3.43. The molecule has 162 valence electrons. The molecule has 29 heavy (non-hydrogen) atoms. The molecule has 1 aliphatic rings. The molecule has 0 radical (unpaired) electrons. The first-order valence-corrected chi connectivity index (χ1v) is 10.3. The largest absolute Gasteiger partial charge is 0.381 e. The van der Waals surface area contributed by atoms with E-state index < -0.39 is 0 Å². The zero-order chi connectivity index (χ0) is 21.5. The molecule has 1 aliphatic carbocycles. The van der Waals surface area contributed by atoms with Crippen LogP contribution in [0.2, 0.25) is 0 Å². The summed E-state index contributed by atoms with van der Waals surface area (Å²) in [7, 11) is 0. The Kier molecular flexibility index (Phi) is 7.98. The number of anilines is 1. The van der Waals surface area contributed by atoms with Crippen LogP contribution in [0.3, 0.4) is 0 Å². The summed E-state index contributed by atoms with van der Waals surface area (Å²) < 4.78 is 5.04. The first-order chi connectivity index (χ1) is 13.7. The number of hydrogen-bond acceptors (Lipinski definition) is 6. The molecule has 8 nitrogen and oxygen atoms in total. The van der Waals surface area contributed by atoms with Crippen molar-refractivity contribution in [2.45, 2.75) is 84.1 Å². The van der Waals surface area contributed by atoms with E-state index in [0.717, 1.165) is 17.8 Å². The Bertz CT molecular complexity index is 775. The fourth-order valence-corrected chi connectivity index (χ4v) is 3.30. The number of aliphatic hydroxyl groups is 1. The number of carbonyl (C=O) groups excluding carboxylic acids is 1. The second-order valence-corrected chi connectivity index (χ2v) is 8.67. The van der Waals surface area contributed by atoms with Gasteiger partial charge in [0.1, 0.15) is 5.76 Å². The topological polar surface area (TPSA) is 116 Å². The number of hydrogen-bond donors (Lipinski definition) is 4. The van der Waals surface area contributed by atoms with Gasteiger partial charge in [-0.1, -0.05) is 31.8 Å². The third-order valence-corrected chi connectivity index (χ3v) is 5.66. The summed E-state index contributed by atoms with van der Waals surface area (Å²) in [6.45, 7) is 10.3. The van der Waals surface area contributed by atoms with Gasteiger partial charge in [-0.05, 0) is 40.0 Å². The summed E-state index contributed by atoms with van der Waals surface area (Å²) in [5.74, 6) is 0.976. The monoisotopic (exact) mass is 405 g/mol. The van der Waals surface area contributed by atoms with E-state index in [1.165, 1.54) is 25.7 Å². The van der Waals surface area contributed by atoms with E-state index in [1.54, 1.807) is 6.07 Å². The minimum absolute atomic E-state index is 0.0703. The van der Waals surface area contributed by atoms with Gasteiger partial charge in [0, 0.05) is 28.8 Å². The van der Waals surface area contributed by atoms with Gasteiger partial charge in [-0.15, -0.1) is 0 Å². The van der Waals surface area contributed by atoms with E-state index in [2.05, 4.69) is 53.7 Å². The molecule has 1 saturated carbocycles. The Labute approximate surface area is 172 Å². The van der Waals surface area contributed by atoms with Crippen molar-refractivity contribution in [3.8, 4) is 0 Å². The van der Waals surface area contributed by atoms with E-state index in [9.17, 15) is 4.79 Å². The van der Waals surface area contributed by atoms with Crippen molar-refractivity contribution in [2.75, 3.05) is 12.0 Å². The van der Waals surface area contributed by atoms with Gasteiger partial charge < -0.3 is 14.9 Å². The lowest BCUT2D eigenvalue weighted by molar-refractivity contribution is -0.115. The molecule has 0 aromatic carbocycles. The lowest BCUT2D eigenvalue weighted by atomic mass is 9.85. The van der Waals surface area contributed by atoms with Crippen molar-refractivity contribution in [3.05, 3.63) is 29.3 Å². The van der Waals surface area contributed by atoms with Crippen LogP contribution in [0.15, 0.2) is 16.7 Å². The zero-order valence-electron chi connectivity index (χ0n) is 18.3. The second kappa shape index (κ2) is 10.0.